The average Bonchev–Trinajstić information content (AvgIpc) is 2.07. The predicted molar refractivity (Wildman–Crippen MR) is 50.4 cm³/mol. The molecule has 0 aliphatic rings. The molecule has 0 unspecified atom stereocenters. The van der Waals surface area contributed by atoms with E-state index in [0.717, 1.165) is 4.47 Å². The van der Waals surface area contributed by atoms with E-state index in [1.807, 2.05) is 6.07 Å². The van der Waals surface area contributed by atoms with Crippen LogP contribution in [-0.4, -0.2) is 5.75 Å². The Balaban J connectivity index is 2.84. The smallest absolute Gasteiger partial charge is 0.136 e. The number of thioether (sulfide) groups is 1. The molecule has 0 saturated carbocycles. The van der Waals surface area contributed by atoms with Crippen LogP contribution in [0.15, 0.2) is 27.6 Å². The van der Waals surface area contributed by atoms with Gasteiger partial charge in [0, 0.05) is 9.37 Å². The lowest BCUT2D eigenvalue weighted by molar-refractivity contribution is 0.601. The number of nitriles is 1. The minimum Gasteiger partial charge on any atom is -0.206 e. The summed E-state index contributed by atoms with van der Waals surface area (Å²) in [6.45, 7) is 0. The van der Waals surface area contributed by atoms with Crippen molar-refractivity contribution < 1.29 is 4.39 Å². The highest BCUT2D eigenvalue weighted by atomic mass is 79.9. The molecule has 4 heteroatoms. The second-order valence-electron chi connectivity index (χ2n) is 2.02. The fraction of sp³-hybridized carbons (Fsp3) is 0.125. The summed E-state index contributed by atoms with van der Waals surface area (Å²) in [7, 11) is 0. The lowest BCUT2D eigenvalue weighted by Crippen LogP contribution is -1.81. The van der Waals surface area contributed by atoms with E-state index in [1.54, 1.807) is 12.1 Å². The minimum absolute atomic E-state index is 0.271. The molecule has 0 fully saturated rings. The van der Waals surface area contributed by atoms with Gasteiger partial charge in [0.15, 0.2) is 0 Å². The van der Waals surface area contributed by atoms with Gasteiger partial charge in [0.1, 0.15) is 5.82 Å². The van der Waals surface area contributed by atoms with Crippen LogP contribution in [0, 0.1) is 17.1 Å². The van der Waals surface area contributed by atoms with Crippen LogP contribution in [0.5, 0.6) is 0 Å². The Bertz CT molecular complexity index is 321. The van der Waals surface area contributed by atoms with Gasteiger partial charge < -0.3 is 0 Å². The molecule has 0 heterocycles. The van der Waals surface area contributed by atoms with Crippen LogP contribution in [0.3, 0.4) is 0 Å². The first-order valence-electron chi connectivity index (χ1n) is 3.19. The monoisotopic (exact) mass is 245 g/mol. The van der Waals surface area contributed by atoms with Crippen molar-refractivity contribution in [2.45, 2.75) is 4.90 Å². The molecule has 0 amide bonds. The van der Waals surface area contributed by atoms with Gasteiger partial charge in [-0.3, -0.25) is 0 Å². The van der Waals surface area contributed by atoms with Gasteiger partial charge >= 0.3 is 0 Å². The molecule has 0 aliphatic heterocycles. The van der Waals surface area contributed by atoms with Crippen LogP contribution in [0.2, 0.25) is 0 Å². The minimum atomic E-state index is -0.279. The van der Waals surface area contributed by atoms with Crippen LogP contribution >= 0.6 is 27.7 Å². The molecule has 1 aromatic carbocycles. The Hall–Kier alpha value is -0.530. The molecular formula is C8H5BrFNS. The molecule has 0 radical (unpaired) electrons. The van der Waals surface area contributed by atoms with E-state index >= 15 is 0 Å². The van der Waals surface area contributed by atoms with Crippen molar-refractivity contribution in [2.24, 2.45) is 0 Å². The molecule has 1 aromatic rings. The molecule has 1 nitrogen and oxygen atoms in total. The molecule has 62 valence electrons. The maximum atomic E-state index is 12.9. The van der Waals surface area contributed by atoms with Crippen LogP contribution in [0.4, 0.5) is 4.39 Å². The predicted octanol–water partition coefficient (Wildman–Crippen LogP) is 3.20. The quantitative estimate of drug-likeness (QED) is 0.748. The summed E-state index contributed by atoms with van der Waals surface area (Å²) in [6.07, 6.45) is 0. The van der Waals surface area contributed by atoms with Crippen molar-refractivity contribution >= 4 is 27.7 Å². The van der Waals surface area contributed by atoms with E-state index in [9.17, 15) is 4.39 Å². The maximum absolute atomic E-state index is 12.9. The summed E-state index contributed by atoms with van der Waals surface area (Å²) in [4.78, 5) is 0.505. The topological polar surface area (TPSA) is 23.8 Å². The third kappa shape index (κ3) is 2.50. The fourth-order valence-corrected chi connectivity index (χ4v) is 1.85. The number of hydrogen-bond donors (Lipinski definition) is 0. The van der Waals surface area contributed by atoms with Crippen molar-refractivity contribution in [3.63, 3.8) is 0 Å². The summed E-state index contributed by atoms with van der Waals surface area (Å²) in [5.41, 5.74) is 0. The highest BCUT2D eigenvalue weighted by Gasteiger charge is 2.01. The molecule has 1 rings (SSSR count). The molecule has 12 heavy (non-hydrogen) atoms. The molecule has 0 aromatic heterocycles. The Labute approximate surface area is 82.7 Å². The lowest BCUT2D eigenvalue weighted by Gasteiger charge is -1.99. The van der Waals surface area contributed by atoms with Gasteiger partial charge in [-0.05, 0) is 18.2 Å². The zero-order valence-corrected chi connectivity index (χ0v) is 8.45. The second-order valence-corrected chi connectivity index (χ2v) is 3.95. The Morgan fingerprint density at radius 2 is 2.33 bits per heavy atom. The number of benzene rings is 1. The molecule has 0 atom stereocenters. The summed E-state index contributed by atoms with van der Waals surface area (Å²) in [5, 5.41) is 8.28. The Morgan fingerprint density at radius 1 is 1.58 bits per heavy atom. The van der Waals surface area contributed by atoms with E-state index in [1.165, 1.54) is 17.8 Å². The second kappa shape index (κ2) is 4.48. The maximum Gasteiger partial charge on any atom is 0.136 e. The van der Waals surface area contributed by atoms with Crippen LogP contribution < -0.4 is 0 Å². The molecule has 0 aliphatic carbocycles. The van der Waals surface area contributed by atoms with Gasteiger partial charge in [0.05, 0.1) is 11.8 Å². The highest BCUT2D eigenvalue weighted by molar-refractivity contribution is 9.10. The van der Waals surface area contributed by atoms with E-state index < -0.39 is 0 Å². The summed E-state index contributed by atoms with van der Waals surface area (Å²) in [6, 6.07) is 6.62. The van der Waals surface area contributed by atoms with Gasteiger partial charge in [-0.25, -0.2) is 4.39 Å². The number of halogens is 2. The fourth-order valence-electron chi connectivity index (χ4n) is 0.698. The van der Waals surface area contributed by atoms with Crippen molar-refractivity contribution in [2.75, 3.05) is 5.75 Å². The van der Waals surface area contributed by atoms with Crippen molar-refractivity contribution in [1.82, 2.24) is 0 Å². The third-order valence-electron chi connectivity index (χ3n) is 1.19. The van der Waals surface area contributed by atoms with Gasteiger partial charge in [-0.15, -0.1) is 11.8 Å². The molecule has 0 spiro atoms. The van der Waals surface area contributed by atoms with E-state index in [-0.39, 0.29) is 11.6 Å². The SMILES string of the molecule is N#CCSc1cc(Br)ccc1F. The van der Waals surface area contributed by atoms with Gasteiger partial charge in [-0.1, -0.05) is 15.9 Å². The summed E-state index contributed by atoms with van der Waals surface area (Å²) < 4.78 is 13.8. The van der Waals surface area contributed by atoms with Crippen LogP contribution in [-0.2, 0) is 0 Å². The van der Waals surface area contributed by atoms with Gasteiger partial charge in [0.25, 0.3) is 0 Å². The van der Waals surface area contributed by atoms with E-state index in [4.69, 9.17) is 5.26 Å². The lowest BCUT2D eigenvalue weighted by atomic mass is 10.3. The molecule has 0 saturated heterocycles. The zero-order chi connectivity index (χ0) is 8.97. The molecule has 0 bridgehead atoms. The number of rotatable bonds is 2. The average molecular weight is 246 g/mol. The Morgan fingerprint density at radius 3 is 3.00 bits per heavy atom. The van der Waals surface area contributed by atoms with Crippen LogP contribution in [0.1, 0.15) is 0 Å². The standard InChI is InChI=1S/C8H5BrFNS/c9-6-1-2-7(10)8(5-6)12-4-3-11/h1-2,5H,4H2. The third-order valence-corrected chi connectivity index (χ3v) is 2.58. The first kappa shape index (κ1) is 9.56. The van der Waals surface area contributed by atoms with Crippen molar-refractivity contribution in [1.29, 1.82) is 5.26 Å². The summed E-state index contributed by atoms with van der Waals surface area (Å²) in [5.74, 6) is -0.00801. The normalized spacial score (nSPS) is 9.42. The van der Waals surface area contributed by atoms with E-state index in [2.05, 4.69) is 15.9 Å². The first-order chi connectivity index (χ1) is 5.74. The highest BCUT2D eigenvalue weighted by Crippen LogP contribution is 2.24. The van der Waals surface area contributed by atoms with Crippen molar-refractivity contribution in [3.8, 4) is 6.07 Å². The van der Waals surface area contributed by atoms with E-state index in [0.29, 0.717) is 4.90 Å². The van der Waals surface area contributed by atoms with Crippen LogP contribution in [0.25, 0.3) is 0 Å². The van der Waals surface area contributed by atoms with Crippen molar-refractivity contribution in [3.05, 3.63) is 28.5 Å². The van der Waals surface area contributed by atoms with Gasteiger partial charge in [0.2, 0.25) is 0 Å². The largest absolute Gasteiger partial charge is 0.206 e. The first-order valence-corrected chi connectivity index (χ1v) is 4.96. The number of nitrogens with zero attached hydrogens (tertiary/aromatic N) is 1. The molecule has 0 N–H and O–H groups in total. The Kier molecular flexibility index (Phi) is 3.57. The summed E-state index contributed by atoms with van der Waals surface area (Å²) >= 11 is 4.42. The zero-order valence-electron chi connectivity index (χ0n) is 6.05. The van der Waals surface area contributed by atoms with Gasteiger partial charge in [-0.2, -0.15) is 5.26 Å². The molecular weight excluding hydrogens is 241 g/mol. The number of hydrogen-bond acceptors (Lipinski definition) is 2.